The van der Waals surface area contributed by atoms with Gasteiger partial charge in [0.25, 0.3) is 5.69 Å². The van der Waals surface area contributed by atoms with Crippen LogP contribution in [0.15, 0.2) is 24.3 Å². The van der Waals surface area contributed by atoms with Crippen LogP contribution in [0.25, 0.3) is 0 Å². The lowest BCUT2D eigenvalue weighted by Crippen LogP contribution is -2.48. The highest BCUT2D eigenvalue weighted by Gasteiger charge is 2.18. The van der Waals surface area contributed by atoms with Gasteiger partial charge < -0.3 is 10.0 Å². The van der Waals surface area contributed by atoms with Crippen molar-refractivity contribution in [2.24, 2.45) is 0 Å². The summed E-state index contributed by atoms with van der Waals surface area (Å²) in [5.41, 5.74) is 1.13. The minimum atomic E-state index is -0.395. The van der Waals surface area contributed by atoms with Crippen molar-refractivity contribution < 1.29 is 10.0 Å². The van der Waals surface area contributed by atoms with Gasteiger partial charge in [-0.2, -0.15) is 0 Å². The van der Waals surface area contributed by atoms with Crippen molar-refractivity contribution in [1.29, 1.82) is 0 Å². The van der Waals surface area contributed by atoms with E-state index in [0.717, 1.165) is 42.6 Å². The first kappa shape index (κ1) is 17.1. The van der Waals surface area contributed by atoms with Crippen molar-refractivity contribution in [2.75, 3.05) is 39.3 Å². The van der Waals surface area contributed by atoms with Crippen molar-refractivity contribution in [2.45, 2.75) is 5.75 Å². The number of aliphatic hydroxyl groups excluding tert-OH is 1. The highest BCUT2D eigenvalue weighted by atomic mass is 32.2. The van der Waals surface area contributed by atoms with Crippen LogP contribution in [0.3, 0.4) is 0 Å². The van der Waals surface area contributed by atoms with Gasteiger partial charge in [-0.3, -0.25) is 15.0 Å². The molecular formula is C14H19N3O3S2. The van der Waals surface area contributed by atoms with E-state index in [1.54, 1.807) is 23.9 Å². The molecule has 1 N–H and O–H groups in total. The van der Waals surface area contributed by atoms with Gasteiger partial charge in [0.05, 0.1) is 11.5 Å². The third-order valence-corrected chi connectivity index (χ3v) is 5.15. The zero-order valence-corrected chi connectivity index (χ0v) is 13.8. The van der Waals surface area contributed by atoms with Gasteiger partial charge in [-0.15, -0.1) is 0 Å². The molecule has 1 saturated heterocycles. The molecule has 120 valence electrons. The first-order chi connectivity index (χ1) is 10.6. The number of nitro benzene ring substituents is 1. The third kappa shape index (κ3) is 4.91. The van der Waals surface area contributed by atoms with Crippen molar-refractivity contribution in [3.05, 3.63) is 39.9 Å². The Morgan fingerprint density at radius 3 is 2.45 bits per heavy atom. The second-order valence-corrected chi connectivity index (χ2v) is 6.64. The van der Waals surface area contributed by atoms with Gasteiger partial charge >= 0.3 is 0 Å². The van der Waals surface area contributed by atoms with Crippen LogP contribution in [0.1, 0.15) is 5.56 Å². The molecule has 0 unspecified atom stereocenters. The number of β-amino-alcohol motifs (C(OH)–C–C–N with tert-alkyl or cyclic N) is 1. The fraction of sp³-hybridized carbons (Fsp3) is 0.500. The summed E-state index contributed by atoms with van der Waals surface area (Å²) in [4.78, 5) is 14.6. The number of non-ortho nitro benzene ring substituents is 1. The molecule has 0 amide bonds. The molecule has 1 heterocycles. The quantitative estimate of drug-likeness (QED) is 0.497. The first-order valence-corrected chi connectivity index (χ1v) is 8.48. The number of nitrogens with zero attached hydrogens (tertiary/aromatic N) is 3. The molecule has 0 bridgehead atoms. The molecule has 1 aliphatic rings. The van der Waals surface area contributed by atoms with Gasteiger partial charge in [0, 0.05) is 50.6 Å². The number of hydrogen-bond donors (Lipinski definition) is 1. The maximum absolute atomic E-state index is 10.6. The van der Waals surface area contributed by atoms with Gasteiger partial charge in [0.15, 0.2) is 0 Å². The molecule has 8 heteroatoms. The largest absolute Gasteiger partial charge is 0.395 e. The van der Waals surface area contributed by atoms with E-state index in [1.807, 2.05) is 0 Å². The summed E-state index contributed by atoms with van der Waals surface area (Å²) in [6, 6.07) is 6.58. The van der Waals surface area contributed by atoms with Crippen LogP contribution in [0.2, 0.25) is 0 Å². The Kier molecular flexibility index (Phi) is 6.56. The lowest BCUT2D eigenvalue weighted by molar-refractivity contribution is -0.384. The number of thiocarbonyl (C=S) groups is 1. The molecule has 1 fully saturated rings. The molecule has 1 aliphatic heterocycles. The molecule has 6 nitrogen and oxygen atoms in total. The van der Waals surface area contributed by atoms with Crippen LogP contribution in [0.5, 0.6) is 0 Å². The highest BCUT2D eigenvalue weighted by Crippen LogP contribution is 2.20. The summed E-state index contributed by atoms with van der Waals surface area (Å²) in [6.45, 7) is 4.51. The van der Waals surface area contributed by atoms with Crippen LogP contribution in [0, 0.1) is 10.1 Å². The topological polar surface area (TPSA) is 69.9 Å². The molecule has 0 atom stereocenters. The standard InChI is InChI=1S/C14H19N3O3S2/c18-10-9-15-5-7-16(8-6-15)14(21)22-11-12-1-3-13(4-2-12)17(19)20/h1-4,18H,5-11H2. The first-order valence-electron chi connectivity index (χ1n) is 7.08. The summed E-state index contributed by atoms with van der Waals surface area (Å²) in [5, 5.41) is 19.5. The van der Waals surface area contributed by atoms with Crippen LogP contribution in [-0.2, 0) is 5.75 Å². The zero-order valence-electron chi connectivity index (χ0n) is 12.2. The number of hydrogen-bond acceptors (Lipinski definition) is 6. The SMILES string of the molecule is O=[N+]([O-])c1ccc(CSC(=S)N2CCN(CCO)CC2)cc1. The average molecular weight is 341 g/mol. The molecule has 0 saturated carbocycles. The Hall–Kier alpha value is -1.22. The number of nitro groups is 1. The molecule has 0 aromatic heterocycles. The normalized spacial score (nSPS) is 15.8. The number of rotatable bonds is 5. The van der Waals surface area contributed by atoms with Crippen LogP contribution < -0.4 is 0 Å². The minimum Gasteiger partial charge on any atom is -0.395 e. The smallest absolute Gasteiger partial charge is 0.269 e. The second-order valence-electron chi connectivity index (χ2n) is 5.03. The summed E-state index contributed by atoms with van der Waals surface area (Å²) < 4.78 is 0.863. The Balaban J connectivity index is 1.77. The predicted octanol–water partition coefficient (Wildman–Crippen LogP) is 1.72. The second kappa shape index (κ2) is 8.42. The third-order valence-electron chi connectivity index (χ3n) is 3.56. The number of aliphatic hydroxyl groups is 1. The van der Waals surface area contributed by atoms with Crippen molar-refractivity contribution in [3.63, 3.8) is 0 Å². The summed E-state index contributed by atoms with van der Waals surface area (Å²) in [6.07, 6.45) is 0. The maximum Gasteiger partial charge on any atom is 0.269 e. The monoisotopic (exact) mass is 341 g/mol. The summed E-state index contributed by atoms with van der Waals surface area (Å²) >= 11 is 7.04. The molecular weight excluding hydrogens is 322 g/mol. The fourth-order valence-corrected chi connectivity index (χ4v) is 3.45. The molecule has 0 radical (unpaired) electrons. The van der Waals surface area contributed by atoms with E-state index in [9.17, 15) is 10.1 Å². The van der Waals surface area contributed by atoms with Gasteiger partial charge in [-0.1, -0.05) is 36.1 Å². The number of thioether (sulfide) groups is 1. The van der Waals surface area contributed by atoms with Gasteiger partial charge in [-0.05, 0) is 5.56 Å². The van der Waals surface area contributed by atoms with E-state index in [2.05, 4.69) is 9.80 Å². The van der Waals surface area contributed by atoms with Gasteiger partial charge in [0.1, 0.15) is 4.32 Å². The Labute approximate surface area is 139 Å². The lowest BCUT2D eigenvalue weighted by atomic mass is 10.2. The zero-order chi connectivity index (χ0) is 15.9. The fourth-order valence-electron chi connectivity index (χ4n) is 2.25. The molecule has 0 spiro atoms. The van der Waals surface area contributed by atoms with Gasteiger partial charge in [-0.25, -0.2) is 0 Å². The molecule has 22 heavy (non-hydrogen) atoms. The van der Waals surface area contributed by atoms with E-state index < -0.39 is 4.92 Å². The van der Waals surface area contributed by atoms with Crippen molar-refractivity contribution >= 4 is 34.0 Å². The molecule has 1 aromatic rings. The maximum atomic E-state index is 10.6. The van der Waals surface area contributed by atoms with Crippen molar-refractivity contribution in [3.8, 4) is 0 Å². The van der Waals surface area contributed by atoms with Crippen LogP contribution >= 0.6 is 24.0 Å². The summed E-state index contributed by atoms with van der Waals surface area (Å²) in [7, 11) is 0. The Morgan fingerprint density at radius 1 is 1.27 bits per heavy atom. The molecule has 2 rings (SSSR count). The Morgan fingerprint density at radius 2 is 1.91 bits per heavy atom. The van der Waals surface area contributed by atoms with E-state index in [1.165, 1.54) is 12.1 Å². The summed E-state index contributed by atoms with van der Waals surface area (Å²) in [5.74, 6) is 0.716. The van der Waals surface area contributed by atoms with E-state index in [4.69, 9.17) is 17.3 Å². The average Bonchev–Trinajstić information content (AvgIpc) is 2.54. The van der Waals surface area contributed by atoms with Gasteiger partial charge in [0.2, 0.25) is 0 Å². The minimum absolute atomic E-state index is 0.108. The molecule has 1 aromatic carbocycles. The van der Waals surface area contributed by atoms with E-state index in [0.29, 0.717) is 5.75 Å². The van der Waals surface area contributed by atoms with E-state index >= 15 is 0 Å². The lowest BCUT2D eigenvalue weighted by Gasteiger charge is -2.35. The highest BCUT2D eigenvalue weighted by molar-refractivity contribution is 8.22. The van der Waals surface area contributed by atoms with Crippen molar-refractivity contribution in [1.82, 2.24) is 9.80 Å². The van der Waals surface area contributed by atoms with E-state index in [-0.39, 0.29) is 12.3 Å². The number of piperazine rings is 1. The van der Waals surface area contributed by atoms with Crippen LogP contribution in [-0.4, -0.2) is 63.5 Å². The number of benzene rings is 1. The molecule has 0 aliphatic carbocycles. The van der Waals surface area contributed by atoms with Crippen LogP contribution in [0.4, 0.5) is 5.69 Å². The predicted molar refractivity (Wildman–Crippen MR) is 92.1 cm³/mol. The Bertz CT molecular complexity index is 517.